The van der Waals surface area contributed by atoms with Gasteiger partial charge in [0.05, 0.1) is 5.56 Å². The van der Waals surface area contributed by atoms with E-state index in [-0.39, 0.29) is 18.4 Å². The van der Waals surface area contributed by atoms with Gasteiger partial charge in [-0.25, -0.2) is 4.39 Å². The molecule has 0 saturated heterocycles. The molecule has 4 N–H and O–H groups in total. The number of nitrogens with one attached hydrogen (secondary N) is 2. The molecule has 2 aromatic rings. The van der Waals surface area contributed by atoms with Crippen molar-refractivity contribution in [2.24, 2.45) is 5.73 Å². The fourth-order valence-corrected chi connectivity index (χ4v) is 2.90. The first-order valence-corrected chi connectivity index (χ1v) is 9.23. The summed E-state index contributed by atoms with van der Waals surface area (Å²) >= 11 is 0. The fourth-order valence-electron chi connectivity index (χ4n) is 2.90. The number of benzene rings is 2. The molecule has 2 aromatic carbocycles. The SMILES string of the molecule is CC(=O)N[C@@H](Cc1ccccc1F)C(=O)N[C@H](Cc1ccc(C(F)(F)F)cc1)C(N)=O. The summed E-state index contributed by atoms with van der Waals surface area (Å²) in [4.78, 5) is 36.0. The minimum absolute atomic E-state index is 0.161. The number of amides is 3. The van der Waals surface area contributed by atoms with Crippen molar-refractivity contribution in [1.29, 1.82) is 0 Å². The second-order valence-electron chi connectivity index (χ2n) is 6.91. The van der Waals surface area contributed by atoms with Gasteiger partial charge in [0.15, 0.2) is 0 Å². The summed E-state index contributed by atoms with van der Waals surface area (Å²) < 4.78 is 52.0. The van der Waals surface area contributed by atoms with Crippen molar-refractivity contribution in [2.75, 3.05) is 0 Å². The Balaban J connectivity index is 2.15. The Bertz CT molecular complexity index is 946. The summed E-state index contributed by atoms with van der Waals surface area (Å²) in [7, 11) is 0. The van der Waals surface area contributed by atoms with Crippen LogP contribution in [0.5, 0.6) is 0 Å². The van der Waals surface area contributed by atoms with E-state index in [2.05, 4.69) is 10.6 Å². The number of primary amides is 1. The van der Waals surface area contributed by atoms with Crippen molar-refractivity contribution in [3.8, 4) is 0 Å². The van der Waals surface area contributed by atoms with Gasteiger partial charge in [-0.15, -0.1) is 0 Å². The van der Waals surface area contributed by atoms with Gasteiger partial charge in [-0.1, -0.05) is 30.3 Å². The molecule has 0 fully saturated rings. The van der Waals surface area contributed by atoms with E-state index < -0.39 is 47.4 Å². The first kappa shape index (κ1) is 23.8. The van der Waals surface area contributed by atoms with Crippen molar-refractivity contribution in [3.05, 3.63) is 71.0 Å². The molecule has 31 heavy (non-hydrogen) atoms. The molecule has 0 bridgehead atoms. The molecule has 2 atom stereocenters. The molecular weight excluding hydrogens is 418 g/mol. The van der Waals surface area contributed by atoms with Crippen molar-refractivity contribution in [3.63, 3.8) is 0 Å². The Morgan fingerprint density at radius 1 is 0.935 bits per heavy atom. The van der Waals surface area contributed by atoms with E-state index >= 15 is 0 Å². The summed E-state index contributed by atoms with van der Waals surface area (Å²) in [6.07, 6.45) is -4.84. The highest BCUT2D eigenvalue weighted by atomic mass is 19.4. The Kier molecular flexibility index (Phi) is 7.73. The van der Waals surface area contributed by atoms with E-state index in [0.29, 0.717) is 5.56 Å². The van der Waals surface area contributed by atoms with E-state index in [9.17, 15) is 31.9 Å². The van der Waals surface area contributed by atoms with Crippen LogP contribution >= 0.6 is 0 Å². The number of carbonyl (C=O) groups excluding carboxylic acids is 3. The fraction of sp³-hybridized carbons (Fsp3) is 0.286. The maximum atomic E-state index is 13.9. The van der Waals surface area contributed by atoms with Gasteiger partial charge in [-0.05, 0) is 29.3 Å². The predicted molar refractivity (Wildman–Crippen MR) is 104 cm³/mol. The summed E-state index contributed by atoms with van der Waals surface area (Å²) in [6.45, 7) is 1.18. The first-order valence-electron chi connectivity index (χ1n) is 9.23. The zero-order valence-electron chi connectivity index (χ0n) is 16.5. The lowest BCUT2D eigenvalue weighted by atomic mass is 10.0. The first-order chi connectivity index (χ1) is 14.5. The Hall–Kier alpha value is -3.43. The number of hydrogen-bond acceptors (Lipinski definition) is 3. The molecule has 0 unspecified atom stereocenters. The molecule has 0 aromatic heterocycles. The third-order valence-corrected chi connectivity index (χ3v) is 4.46. The zero-order chi connectivity index (χ0) is 23.2. The zero-order valence-corrected chi connectivity index (χ0v) is 16.5. The lowest BCUT2D eigenvalue weighted by molar-refractivity contribution is -0.137. The quantitative estimate of drug-likeness (QED) is 0.549. The topological polar surface area (TPSA) is 101 Å². The van der Waals surface area contributed by atoms with Gasteiger partial charge in [-0.2, -0.15) is 13.2 Å². The molecule has 0 aliphatic carbocycles. The highest BCUT2D eigenvalue weighted by Crippen LogP contribution is 2.29. The van der Waals surface area contributed by atoms with Crippen LogP contribution in [0.2, 0.25) is 0 Å². The third kappa shape index (κ3) is 7.09. The van der Waals surface area contributed by atoms with E-state index in [0.717, 1.165) is 12.1 Å². The number of hydrogen-bond donors (Lipinski definition) is 3. The van der Waals surface area contributed by atoms with Gasteiger partial charge in [0.25, 0.3) is 0 Å². The van der Waals surface area contributed by atoms with Crippen LogP contribution in [-0.2, 0) is 33.4 Å². The monoisotopic (exact) mass is 439 g/mol. The van der Waals surface area contributed by atoms with Gasteiger partial charge in [-0.3, -0.25) is 14.4 Å². The Labute approximate surface area is 175 Å². The number of carbonyl (C=O) groups is 3. The average Bonchev–Trinajstić information content (AvgIpc) is 2.67. The average molecular weight is 439 g/mol. The van der Waals surface area contributed by atoms with Gasteiger partial charge in [0.1, 0.15) is 17.9 Å². The van der Waals surface area contributed by atoms with E-state index in [1.165, 1.54) is 37.3 Å². The lowest BCUT2D eigenvalue weighted by Crippen LogP contribution is -2.54. The van der Waals surface area contributed by atoms with E-state index in [4.69, 9.17) is 5.73 Å². The van der Waals surface area contributed by atoms with Crippen LogP contribution in [-0.4, -0.2) is 29.8 Å². The summed E-state index contributed by atoms with van der Waals surface area (Å²) in [5.74, 6) is -2.81. The number of alkyl halides is 3. The minimum Gasteiger partial charge on any atom is -0.368 e. The highest BCUT2D eigenvalue weighted by Gasteiger charge is 2.30. The van der Waals surface area contributed by atoms with Crippen molar-refractivity contribution < 1.29 is 31.9 Å². The molecule has 0 aliphatic rings. The second-order valence-corrected chi connectivity index (χ2v) is 6.91. The van der Waals surface area contributed by atoms with Crippen LogP contribution in [0.15, 0.2) is 48.5 Å². The molecule has 2 rings (SSSR count). The molecule has 0 saturated carbocycles. The van der Waals surface area contributed by atoms with Crippen LogP contribution in [0.4, 0.5) is 17.6 Å². The summed E-state index contributed by atoms with van der Waals surface area (Å²) in [6, 6.07) is 7.31. The standard InChI is InChI=1S/C21H21F4N3O3/c1-12(29)27-18(11-14-4-2-3-5-16(14)22)20(31)28-17(19(26)30)10-13-6-8-15(9-7-13)21(23,24)25/h2-9,17-18H,10-11H2,1H3,(H2,26,30)(H,27,29)(H,28,31)/t17-,18+/m1/s1. The summed E-state index contributed by atoms with van der Waals surface area (Å²) in [5, 5.41) is 4.77. The molecular formula is C21H21F4N3O3. The maximum absolute atomic E-state index is 13.9. The highest BCUT2D eigenvalue weighted by molar-refractivity contribution is 5.91. The number of halogens is 4. The maximum Gasteiger partial charge on any atom is 0.416 e. The molecule has 0 heterocycles. The molecule has 6 nitrogen and oxygen atoms in total. The largest absolute Gasteiger partial charge is 0.416 e. The molecule has 0 aliphatic heterocycles. The van der Waals surface area contributed by atoms with Crippen molar-refractivity contribution >= 4 is 17.7 Å². The lowest BCUT2D eigenvalue weighted by Gasteiger charge is -2.22. The Morgan fingerprint density at radius 3 is 2.06 bits per heavy atom. The van der Waals surface area contributed by atoms with Crippen molar-refractivity contribution in [2.45, 2.75) is 38.0 Å². The smallest absolute Gasteiger partial charge is 0.368 e. The third-order valence-electron chi connectivity index (χ3n) is 4.46. The number of rotatable bonds is 8. The van der Waals surface area contributed by atoms with Crippen LogP contribution in [0.25, 0.3) is 0 Å². The number of nitrogens with two attached hydrogens (primary N) is 1. The van der Waals surface area contributed by atoms with Crippen LogP contribution < -0.4 is 16.4 Å². The molecule has 3 amide bonds. The normalized spacial score (nSPS) is 13.2. The van der Waals surface area contributed by atoms with Crippen LogP contribution in [0, 0.1) is 5.82 Å². The second kappa shape index (κ2) is 10.1. The van der Waals surface area contributed by atoms with Gasteiger partial charge in [0, 0.05) is 19.8 Å². The Morgan fingerprint density at radius 2 is 1.55 bits per heavy atom. The molecule has 0 spiro atoms. The van der Waals surface area contributed by atoms with Crippen molar-refractivity contribution in [1.82, 2.24) is 10.6 Å². The molecule has 10 heteroatoms. The van der Waals surface area contributed by atoms with Gasteiger partial charge in [0.2, 0.25) is 17.7 Å². The van der Waals surface area contributed by atoms with E-state index in [1.807, 2.05) is 0 Å². The van der Waals surface area contributed by atoms with Crippen LogP contribution in [0.1, 0.15) is 23.6 Å². The van der Waals surface area contributed by atoms with E-state index in [1.54, 1.807) is 6.07 Å². The predicted octanol–water partition coefficient (Wildman–Crippen LogP) is 2.10. The van der Waals surface area contributed by atoms with Gasteiger partial charge < -0.3 is 16.4 Å². The minimum atomic E-state index is -4.51. The molecule has 0 radical (unpaired) electrons. The van der Waals surface area contributed by atoms with Crippen LogP contribution in [0.3, 0.4) is 0 Å². The van der Waals surface area contributed by atoms with Gasteiger partial charge >= 0.3 is 6.18 Å². The summed E-state index contributed by atoms with van der Waals surface area (Å²) in [5.41, 5.74) is 4.99. The molecule has 166 valence electrons.